The summed E-state index contributed by atoms with van der Waals surface area (Å²) in [6.45, 7) is 1.58. The van der Waals surface area contributed by atoms with Gasteiger partial charge in [-0.2, -0.15) is 16.8 Å². The molecule has 0 aliphatic carbocycles. The summed E-state index contributed by atoms with van der Waals surface area (Å²) in [5.74, 6) is -2.22. The van der Waals surface area contributed by atoms with Gasteiger partial charge >= 0.3 is 0 Å². The predicted molar refractivity (Wildman–Crippen MR) is 115 cm³/mol. The maximum Gasteiger partial charge on any atom is 0.285 e. The zero-order valence-electron chi connectivity index (χ0n) is 15.6. The van der Waals surface area contributed by atoms with E-state index in [2.05, 4.69) is 3.63 Å². The molecule has 2 rings (SSSR count). The molecule has 0 saturated heterocycles. The van der Waals surface area contributed by atoms with E-state index in [4.69, 9.17) is 34.7 Å². The highest BCUT2D eigenvalue weighted by Crippen LogP contribution is 2.34. The summed E-state index contributed by atoms with van der Waals surface area (Å²) >= 11 is 12.0. The van der Waals surface area contributed by atoms with Crippen molar-refractivity contribution in [2.75, 3.05) is 11.5 Å². The Morgan fingerprint density at radius 2 is 1.55 bits per heavy atom. The van der Waals surface area contributed by atoms with E-state index < -0.39 is 43.3 Å². The Hall–Kier alpha value is -1.20. The van der Waals surface area contributed by atoms with Gasteiger partial charge in [0.05, 0.1) is 11.4 Å². The van der Waals surface area contributed by atoms with E-state index in [1.165, 1.54) is 0 Å². The smallest absolute Gasteiger partial charge is 0.285 e. The third kappa shape index (κ3) is 6.92. The minimum absolute atomic E-state index is 0.199. The van der Waals surface area contributed by atoms with Gasteiger partial charge in [-0.3, -0.25) is 0 Å². The van der Waals surface area contributed by atoms with Crippen LogP contribution in [-0.2, 0) is 23.9 Å². The van der Waals surface area contributed by atoms with E-state index in [0.717, 1.165) is 0 Å². The Labute approximate surface area is 181 Å². The summed E-state index contributed by atoms with van der Waals surface area (Å²) in [5.41, 5.74) is 11.7. The van der Waals surface area contributed by atoms with E-state index in [-0.39, 0.29) is 6.42 Å². The van der Waals surface area contributed by atoms with E-state index >= 15 is 0 Å². The lowest BCUT2D eigenvalue weighted by Crippen LogP contribution is -2.59. The first-order valence-electron chi connectivity index (χ1n) is 8.60. The zero-order valence-corrected chi connectivity index (χ0v) is 18.7. The molecule has 0 amide bonds. The first-order valence-corrected chi connectivity index (χ1v) is 12.5. The standard InChI is InChI=1S/C18H22Cl2N2O5S2/c1-2-10-28(23,24)27-29(25,26)12-18(21,22)17(13-6-8-15(19)9-7-13)14-4-3-5-16(20)11-14/h3-9,11,17H,2,10,12,21-22H2,1H3/t17-/m0/s1. The van der Waals surface area contributed by atoms with Gasteiger partial charge in [-0.1, -0.05) is 54.4 Å². The summed E-state index contributed by atoms with van der Waals surface area (Å²) in [7, 11) is -8.86. The van der Waals surface area contributed by atoms with E-state index in [1.54, 1.807) is 55.5 Å². The maximum absolute atomic E-state index is 12.4. The summed E-state index contributed by atoms with van der Waals surface area (Å²) in [4.78, 5) is 0. The largest absolute Gasteiger partial charge is 0.312 e. The van der Waals surface area contributed by atoms with Crippen molar-refractivity contribution in [2.45, 2.75) is 24.9 Å². The molecule has 160 valence electrons. The van der Waals surface area contributed by atoms with Gasteiger partial charge in [-0.05, 0) is 41.8 Å². The van der Waals surface area contributed by atoms with Crippen molar-refractivity contribution < 1.29 is 20.5 Å². The van der Waals surface area contributed by atoms with Crippen molar-refractivity contribution in [3.63, 3.8) is 0 Å². The molecule has 2 aromatic rings. The van der Waals surface area contributed by atoms with E-state index in [1.807, 2.05) is 0 Å². The fraction of sp³-hybridized carbons (Fsp3) is 0.333. The number of rotatable bonds is 9. The number of halogens is 2. The molecule has 11 heteroatoms. The second kappa shape index (κ2) is 9.30. The molecule has 2 aromatic carbocycles. The van der Waals surface area contributed by atoms with Crippen LogP contribution in [0.4, 0.5) is 0 Å². The Bertz CT molecular complexity index is 1060. The van der Waals surface area contributed by atoms with Crippen LogP contribution in [0.5, 0.6) is 0 Å². The molecular weight excluding hydrogens is 459 g/mol. The first kappa shape index (κ1) is 24.1. The molecule has 0 aromatic heterocycles. The fourth-order valence-electron chi connectivity index (χ4n) is 3.01. The van der Waals surface area contributed by atoms with Crippen LogP contribution in [0, 0.1) is 0 Å². The Kier molecular flexibility index (Phi) is 7.72. The van der Waals surface area contributed by atoms with Gasteiger partial charge in [0.2, 0.25) is 0 Å². The average Bonchev–Trinajstić information content (AvgIpc) is 2.54. The van der Waals surface area contributed by atoms with Crippen molar-refractivity contribution in [1.82, 2.24) is 0 Å². The number of nitrogens with two attached hydrogens (primary N) is 2. The van der Waals surface area contributed by atoms with E-state index in [9.17, 15) is 16.8 Å². The van der Waals surface area contributed by atoms with Gasteiger partial charge in [0.25, 0.3) is 20.2 Å². The third-order valence-corrected chi connectivity index (χ3v) is 7.92. The quantitative estimate of drug-likeness (QED) is 0.527. The van der Waals surface area contributed by atoms with Gasteiger partial charge in [0.1, 0.15) is 5.75 Å². The molecule has 29 heavy (non-hydrogen) atoms. The summed E-state index contributed by atoms with van der Waals surface area (Å²) in [6, 6.07) is 13.2. The van der Waals surface area contributed by atoms with Crippen molar-refractivity contribution in [2.24, 2.45) is 11.5 Å². The van der Waals surface area contributed by atoms with Crippen LogP contribution in [0.3, 0.4) is 0 Å². The molecule has 0 aliphatic rings. The summed E-state index contributed by atoms with van der Waals surface area (Å²) < 4.78 is 52.9. The number of hydrogen-bond donors (Lipinski definition) is 2. The maximum atomic E-state index is 12.4. The predicted octanol–water partition coefficient (Wildman–Crippen LogP) is 2.83. The summed E-state index contributed by atoms with van der Waals surface area (Å²) in [5, 5.41) is 0.877. The molecule has 0 aliphatic heterocycles. The average molecular weight is 481 g/mol. The molecular formula is C18H22Cl2N2O5S2. The van der Waals surface area contributed by atoms with E-state index in [0.29, 0.717) is 21.2 Å². The van der Waals surface area contributed by atoms with Crippen molar-refractivity contribution in [3.8, 4) is 0 Å². The van der Waals surface area contributed by atoms with Gasteiger partial charge in [0, 0.05) is 16.0 Å². The fourth-order valence-corrected chi connectivity index (χ4v) is 6.34. The van der Waals surface area contributed by atoms with Crippen molar-refractivity contribution in [1.29, 1.82) is 0 Å². The van der Waals surface area contributed by atoms with Crippen LogP contribution in [0.2, 0.25) is 10.0 Å². The molecule has 4 N–H and O–H groups in total. The van der Waals surface area contributed by atoms with Gasteiger partial charge < -0.3 is 11.5 Å². The highest BCUT2D eigenvalue weighted by Gasteiger charge is 2.40. The van der Waals surface area contributed by atoms with Crippen LogP contribution in [0.25, 0.3) is 0 Å². The zero-order chi connectivity index (χ0) is 21.9. The molecule has 1 atom stereocenters. The molecule has 0 bridgehead atoms. The van der Waals surface area contributed by atoms with Crippen molar-refractivity contribution >= 4 is 43.4 Å². The van der Waals surface area contributed by atoms with Crippen LogP contribution in [0.1, 0.15) is 30.4 Å². The second-order valence-electron chi connectivity index (χ2n) is 6.68. The van der Waals surface area contributed by atoms with Crippen molar-refractivity contribution in [3.05, 3.63) is 69.7 Å². The van der Waals surface area contributed by atoms with Gasteiger partial charge in [-0.25, -0.2) is 0 Å². The minimum atomic E-state index is -4.60. The van der Waals surface area contributed by atoms with Crippen LogP contribution >= 0.6 is 23.2 Å². The highest BCUT2D eigenvalue weighted by atomic mass is 35.5. The topological polar surface area (TPSA) is 130 Å². The lowest BCUT2D eigenvalue weighted by Gasteiger charge is -2.34. The lowest BCUT2D eigenvalue weighted by atomic mass is 9.82. The summed E-state index contributed by atoms with van der Waals surface area (Å²) in [6.07, 6.45) is 0.199. The van der Waals surface area contributed by atoms with Crippen LogP contribution in [0.15, 0.2) is 48.5 Å². The molecule has 0 spiro atoms. The molecule has 0 radical (unpaired) electrons. The Balaban J connectivity index is 2.47. The van der Waals surface area contributed by atoms with Crippen LogP contribution < -0.4 is 11.5 Å². The molecule has 0 heterocycles. The molecule has 7 nitrogen and oxygen atoms in total. The molecule has 0 unspecified atom stereocenters. The van der Waals surface area contributed by atoms with Crippen LogP contribution in [-0.4, -0.2) is 34.0 Å². The lowest BCUT2D eigenvalue weighted by molar-refractivity contribution is 0.405. The SMILES string of the molecule is CCCS(=O)(=O)OS(=O)(=O)CC(N)(N)[C@@H](c1ccc(Cl)cc1)c1cccc(Cl)c1. The Morgan fingerprint density at radius 1 is 0.931 bits per heavy atom. The normalized spacial score (nSPS) is 14.0. The second-order valence-corrected chi connectivity index (χ2v) is 11.0. The van der Waals surface area contributed by atoms with Gasteiger partial charge in [-0.15, -0.1) is 3.63 Å². The Morgan fingerprint density at radius 3 is 2.10 bits per heavy atom. The number of benzene rings is 2. The highest BCUT2D eigenvalue weighted by molar-refractivity contribution is 7.99. The minimum Gasteiger partial charge on any atom is -0.312 e. The monoisotopic (exact) mass is 480 g/mol. The number of hydrogen-bond acceptors (Lipinski definition) is 7. The third-order valence-electron chi connectivity index (χ3n) is 4.01. The molecule has 0 saturated carbocycles. The van der Waals surface area contributed by atoms with Gasteiger partial charge in [0.15, 0.2) is 0 Å². The molecule has 0 fully saturated rings. The first-order chi connectivity index (χ1) is 13.4.